The van der Waals surface area contributed by atoms with E-state index in [1.165, 1.54) is 18.3 Å². The monoisotopic (exact) mass is 327 g/mol. The van der Waals surface area contributed by atoms with Crippen LogP contribution < -0.4 is 19.8 Å². The molecule has 2 aromatic rings. The van der Waals surface area contributed by atoms with Gasteiger partial charge < -0.3 is 0 Å². The Morgan fingerprint density at radius 1 is 1.26 bits per heavy atom. The fourth-order valence-electron chi connectivity index (χ4n) is 3.02. The molecule has 0 saturated carbocycles. The Balaban J connectivity index is 2.12. The smallest absolute Gasteiger partial charge is 0.271 e. The Hall–Kier alpha value is -2.54. The Labute approximate surface area is 135 Å². The van der Waals surface area contributed by atoms with Crippen LogP contribution in [0.4, 0.5) is 5.69 Å². The van der Waals surface area contributed by atoms with Crippen LogP contribution in [0, 0.1) is 0 Å². The summed E-state index contributed by atoms with van der Waals surface area (Å²) in [6, 6.07) is 7.06. The normalized spacial score (nSPS) is 18.5. The molecule has 4 rings (SSSR count). The number of nitrogens with zero attached hydrogens (tertiary/aromatic N) is 3. The second kappa shape index (κ2) is 4.99. The van der Waals surface area contributed by atoms with E-state index in [1.54, 1.807) is 28.8 Å². The molecule has 1 aromatic heterocycles. The number of benzene rings is 1. The highest BCUT2D eigenvalue weighted by Gasteiger charge is 2.36. The van der Waals surface area contributed by atoms with Crippen molar-refractivity contribution in [3.8, 4) is 0 Å². The highest BCUT2D eigenvalue weighted by molar-refractivity contribution is 7.07. The summed E-state index contributed by atoms with van der Waals surface area (Å²) in [5, 5.41) is 0. The van der Waals surface area contributed by atoms with Crippen molar-refractivity contribution in [2.24, 2.45) is 4.99 Å². The van der Waals surface area contributed by atoms with E-state index in [-0.39, 0.29) is 11.5 Å². The molecule has 116 valence electrons. The van der Waals surface area contributed by atoms with Crippen LogP contribution in [0.15, 0.2) is 34.1 Å². The third-order valence-electron chi connectivity index (χ3n) is 4.02. The van der Waals surface area contributed by atoms with Crippen molar-refractivity contribution in [2.45, 2.75) is 19.9 Å². The van der Waals surface area contributed by atoms with Crippen molar-refractivity contribution in [2.75, 3.05) is 11.4 Å². The highest BCUT2D eigenvalue weighted by Crippen LogP contribution is 2.34. The second-order valence-corrected chi connectivity index (χ2v) is 6.44. The number of aromatic nitrogens is 1. The second-order valence-electron chi connectivity index (χ2n) is 5.46. The van der Waals surface area contributed by atoms with Crippen LogP contribution >= 0.6 is 11.3 Å². The molecule has 0 aliphatic carbocycles. The Morgan fingerprint density at radius 2 is 2.04 bits per heavy atom. The minimum absolute atomic E-state index is 0.197. The van der Waals surface area contributed by atoms with E-state index in [9.17, 15) is 14.4 Å². The fraction of sp³-hybridized carbons (Fsp3) is 0.250. The van der Waals surface area contributed by atoms with Crippen LogP contribution in [0.2, 0.25) is 0 Å². The molecule has 0 atom stereocenters. The van der Waals surface area contributed by atoms with Gasteiger partial charge in [-0.05, 0) is 12.5 Å². The predicted octanol–water partition coefficient (Wildman–Crippen LogP) is 0.0252. The minimum atomic E-state index is -0.435. The molecule has 0 spiro atoms. The van der Waals surface area contributed by atoms with Crippen LogP contribution in [-0.4, -0.2) is 22.9 Å². The number of imide groups is 1. The van der Waals surface area contributed by atoms with Gasteiger partial charge in [-0.2, -0.15) is 0 Å². The maximum Gasteiger partial charge on any atom is 0.271 e. The first-order chi connectivity index (χ1) is 11.1. The largest absolute Gasteiger partial charge is 0.283 e. The highest BCUT2D eigenvalue weighted by atomic mass is 32.1. The number of carbonyl (C=O) groups excluding carboxylic acids is 2. The fourth-order valence-corrected chi connectivity index (χ4v) is 4.14. The molecule has 7 heteroatoms. The Kier molecular flexibility index (Phi) is 3.05. The number of para-hydroxylation sites is 1. The molecular weight excluding hydrogens is 314 g/mol. The van der Waals surface area contributed by atoms with Crippen LogP contribution in [0.3, 0.4) is 0 Å². The summed E-state index contributed by atoms with van der Waals surface area (Å²) >= 11 is 1.23. The van der Waals surface area contributed by atoms with E-state index >= 15 is 0 Å². The van der Waals surface area contributed by atoms with Gasteiger partial charge in [-0.25, -0.2) is 4.90 Å². The standard InChI is InChI=1S/C16H13N3O3S/c1-9(20)19-11-6-3-2-5-10(11)12(14(19)21)13-15(22)18-8-4-7-17-16(18)23-13/h2-3,5-6H,4,7-8H2,1H3/b13-12-. The zero-order chi connectivity index (χ0) is 16.1. The number of amides is 2. The van der Waals surface area contributed by atoms with Gasteiger partial charge in [-0.3, -0.25) is 23.9 Å². The number of anilines is 1. The van der Waals surface area contributed by atoms with Gasteiger partial charge >= 0.3 is 0 Å². The lowest BCUT2D eigenvalue weighted by Crippen LogP contribution is -2.37. The summed E-state index contributed by atoms with van der Waals surface area (Å²) in [4.78, 5) is 43.4. The van der Waals surface area contributed by atoms with Gasteiger partial charge in [0.25, 0.3) is 11.5 Å². The number of hydrogen-bond acceptors (Lipinski definition) is 5. The zero-order valence-electron chi connectivity index (χ0n) is 12.4. The van der Waals surface area contributed by atoms with Crippen molar-refractivity contribution >= 4 is 34.4 Å². The molecule has 2 aliphatic heterocycles. The number of rotatable bonds is 0. The van der Waals surface area contributed by atoms with Crippen LogP contribution in [0.25, 0.3) is 5.57 Å². The lowest BCUT2D eigenvalue weighted by atomic mass is 10.1. The van der Waals surface area contributed by atoms with Crippen molar-refractivity contribution in [1.82, 2.24) is 4.57 Å². The van der Waals surface area contributed by atoms with Gasteiger partial charge in [-0.15, -0.1) is 0 Å². The Morgan fingerprint density at radius 3 is 2.78 bits per heavy atom. The number of fused-ring (bicyclic) bond motifs is 2. The topological polar surface area (TPSA) is 71.7 Å². The van der Waals surface area contributed by atoms with Crippen molar-refractivity contribution in [3.05, 3.63) is 49.5 Å². The van der Waals surface area contributed by atoms with Crippen molar-refractivity contribution in [1.29, 1.82) is 0 Å². The van der Waals surface area contributed by atoms with E-state index in [0.29, 0.717) is 39.2 Å². The molecule has 0 N–H and O–H groups in total. The third kappa shape index (κ3) is 1.93. The Bertz CT molecular complexity index is 1030. The summed E-state index contributed by atoms with van der Waals surface area (Å²) in [6.07, 6.45) is 0.822. The summed E-state index contributed by atoms with van der Waals surface area (Å²) in [5.74, 6) is -0.793. The lowest BCUT2D eigenvalue weighted by Gasteiger charge is -2.11. The molecule has 23 heavy (non-hydrogen) atoms. The first-order valence-electron chi connectivity index (χ1n) is 7.32. The summed E-state index contributed by atoms with van der Waals surface area (Å²) in [6.45, 7) is 2.66. The first kappa shape index (κ1) is 14.1. The van der Waals surface area contributed by atoms with Gasteiger partial charge in [0.1, 0.15) is 4.53 Å². The molecule has 3 heterocycles. The molecule has 2 aliphatic rings. The van der Waals surface area contributed by atoms with E-state index < -0.39 is 5.91 Å². The lowest BCUT2D eigenvalue weighted by molar-refractivity contribution is -0.122. The maximum absolute atomic E-state index is 12.8. The van der Waals surface area contributed by atoms with Gasteiger partial charge in [0.2, 0.25) is 5.91 Å². The molecule has 0 bridgehead atoms. The first-order valence-corrected chi connectivity index (χ1v) is 8.14. The molecule has 0 fully saturated rings. The average molecular weight is 327 g/mol. The number of thiazole rings is 1. The molecular formula is C16H13N3O3S. The van der Waals surface area contributed by atoms with Crippen LogP contribution in [-0.2, 0) is 16.1 Å². The van der Waals surface area contributed by atoms with Gasteiger partial charge in [0.15, 0.2) is 4.80 Å². The average Bonchev–Trinajstić information content (AvgIpc) is 3.01. The molecule has 0 radical (unpaired) electrons. The summed E-state index contributed by atoms with van der Waals surface area (Å²) < 4.78 is 1.98. The summed E-state index contributed by atoms with van der Waals surface area (Å²) in [5.41, 5.74) is 1.27. The van der Waals surface area contributed by atoms with E-state index in [2.05, 4.69) is 4.99 Å². The van der Waals surface area contributed by atoms with Crippen LogP contribution in [0.1, 0.15) is 18.9 Å². The molecule has 2 amide bonds. The minimum Gasteiger partial charge on any atom is -0.283 e. The molecule has 1 aromatic carbocycles. The van der Waals surface area contributed by atoms with Crippen molar-refractivity contribution < 1.29 is 9.59 Å². The zero-order valence-corrected chi connectivity index (χ0v) is 13.2. The quantitative estimate of drug-likeness (QED) is 0.685. The molecule has 0 unspecified atom stereocenters. The van der Waals surface area contributed by atoms with Crippen LogP contribution in [0.5, 0.6) is 0 Å². The third-order valence-corrected chi connectivity index (χ3v) is 5.14. The molecule has 0 saturated heterocycles. The van der Waals surface area contributed by atoms with E-state index in [4.69, 9.17) is 0 Å². The number of carbonyl (C=O) groups is 2. The van der Waals surface area contributed by atoms with Gasteiger partial charge in [-0.1, -0.05) is 29.5 Å². The van der Waals surface area contributed by atoms with E-state index in [0.717, 1.165) is 11.3 Å². The maximum atomic E-state index is 12.8. The van der Waals surface area contributed by atoms with Gasteiger partial charge in [0, 0.05) is 25.6 Å². The number of hydrogen-bond donors (Lipinski definition) is 0. The van der Waals surface area contributed by atoms with Crippen molar-refractivity contribution in [3.63, 3.8) is 0 Å². The molecule has 6 nitrogen and oxygen atoms in total. The SMILES string of the molecule is CC(=O)N1C(=O)/C(=c2\sc3n(c2=O)CCCN=3)c2ccccc21. The predicted molar refractivity (Wildman–Crippen MR) is 86.0 cm³/mol. The van der Waals surface area contributed by atoms with E-state index in [1.807, 2.05) is 0 Å². The van der Waals surface area contributed by atoms with Gasteiger partial charge in [0.05, 0.1) is 11.3 Å². The summed E-state index contributed by atoms with van der Waals surface area (Å²) in [7, 11) is 0.